The van der Waals surface area contributed by atoms with Gasteiger partial charge < -0.3 is 15.2 Å². The molecule has 0 aliphatic heterocycles. The smallest absolute Gasteiger partial charge is 0.133 e. The first-order valence-electron chi connectivity index (χ1n) is 4.74. The third-order valence-electron chi connectivity index (χ3n) is 2.10. The van der Waals surface area contributed by atoms with Crippen molar-refractivity contribution in [2.24, 2.45) is 5.73 Å². The van der Waals surface area contributed by atoms with E-state index < -0.39 is 0 Å². The minimum Gasteiger partial charge on any atom is -0.496 e. The molecule has 0 bridgehead atoms. The highest BCUT2D eigenvalue weighted by molar-refractivity contribution is 9.10. The van der Waals surface area contributed by atoms with E-state index in [-0.39, 0.29) is 6.04 Å². The average molecular weight is 275 g/mol. The summed E-state index contributed by atoms with van der Waals surface area (Å²) < 4.78 is 11.4. The Bertz CT molecular complexity index is 340. The van der Waals surface area contributed by atoms with Crippen LogP contribution in [0.4, 0.5) is 0 Å². The maximum atomic E-state index is 5.77. The Labute approximate surface area is 98.7 Å². The lowest BCUT2D eigenvalue weighted by atomic mass is 10.1. The molecular weight excluding hydrogens is 259 g/mol. The van der Waals surface area contributed by atoms with Crippen LogP contribution in [-0.4, -0.2) is 20.3 Å². The second-order valence-electron chi connectivity index (χ2n) is 3.48. The SMILES string of the molecule is COc1cc(Br)c(OC)[13cH]c1CC(C)N. The van der Waals surface area contributed by atoms with Gasteiger partial charge in [0.2, 0.25) is 0 Å². The van der Waals surface area contributed by atoms with Gasteiger partial charge in [0.05, 0.1) is 18.7 Å². The number of rotatable bonds is 4. The summed E-state index contributed by atoms with van der Waals surface area (Å²) >= 11 is 3.41. The number of hydrogen-bond acceptors (Lipinski definition) is 3. The maximum absolute atomic E-state index is 5.77. The second kappa shape index (κ2) is 5.37. The van der Waals surface area contributed by atoms with Gasteiger partial charge in [-0.25, -0.2) is 0 Å². The third-order valence-corrected chi connectivity index (χ3v) is 2.72. The standard InChI is InChI=1S/C11H16BrNO2/c1-7(13)4-8-5-11(15-3)9(12)6-10(8)14-2/h5-7H,4,13H2,1-3H3/i5+1. The Morgan fingerprint density at radius 1 is 1.27 bits per heavy atom. The molecule has 84 valence electrons. The monoisotopic (exact) mass is 274 g/mol. The number of ether oxygens (including phenoxy) is 2. The van der Waals surface area contributed by atoms with Crippen LogP contribution >= 0.6 is 15.9 Å². The summed E-state index contributed by atoms with van der Waals surface area (Å²) in [6, 6.07) is 3.95. The highest BCUT2D eigenvalue weighted by atomic mass is 79.9. The van der Waals surface area contributed by atoms with Gasteiger partial charge in [-0.3, -0.25) is 0 Å². The summed E-state index contributed by atoms with van der Waals surface area (Å²) in [4.78, 5) is 0. The Hall–Kier alpha value is -0.740. The molecule has 0 aliphatic carbocycles. The van der Waals surface area contributed by atoms with Crippen LogP contribution in [0.5, 0.6) is 11.5 Å². The molecule has 0 amide bonds. The van der Waals surface area contributed by atoms with Crippen LogP contribution in [-0.2, 0) is 6.42 Å². The van der Waals surface area contributed by atoms with Gasteiger partial charge in [-0.2, -0.15) is 0 Å². The van der Waals surface area contributed by atoms with E-state index in [1.165, 1.54) is 0 Å². The number of halogens is 1. The molecule has 0 spiro atoms. The molecule has 3 nitrogen and oxygen atoms in total. The highest BCUT2D eigenvalue weighted by Crippen LogP contribution is 2.33. The highest BCUT2D eigenvalue weighted by Gasteiger charge is 2.10. The van der Waals surface area contributed by atoms with E-state index in [1.807, 2.05) is 19.1 Å². The van der Waals surface area contributed by atoms with E-state index >= 15 is 0 Å². The Morgan fingerprint density at radius 3 is 2.33 bits per heavy atom. The third kappa shape index (κ3) is 3.11. The molecule has 1 atom stereocenters. The molecule has 1 aromatic rings. The Morgan fingerprint density at radius 2 is 1.87 bits per heavy atom. The largest absolute Gasteiger partial charge is 0.496 e. The summed E-state index contributed by atoms with van der Waals surface area (Å²) in [7, 11) is 3.29. The van der Waals surface area contributed by atoms with Crippen molar-refractivity contribution in [2.45, 2.75) is 19.4 Å². The molecule has 1 unspecified atom stereocenters. The molecule has 0 saturated heterocycles. The lowest BCUT2D eigenvalue weighted by Crippen LogP contribution is -2.18. The molecule has 0 saturated carbocycles. The number of hydrogen-bond donors (Lipinski definition) is 1. The zero-order valence-corrected chi connectivity index (χ0v) is 10.8. The Balaban J connectivity index is 3.10. The molecule has 0 aliphatic rings. The van der Waals surface area contributed by atoms with Crippen LogP contribution in [0.15, 0.2) is 16.6 Å². The molecule has 0 fully saturated rings. The minimum absolute atomic E-state index is 0.102. The van der Waals surface area contributed by atoms with Crippen LogP contribution in [0, 0.1) is 0 Å². The fraction of sp³-hybridized carbons (Fsp3) is 0.455. The fourth-order valence-corrected chi connectivity index (χ4v) is 1.91. The summed E-state index contributed by atoms with van der Waals surface area (Å²) in [6.07, 6.45) is 0.771. The zero-order chi connectivity index (χ0) is 11.4. The van der Waals surface area contributed by atoms with Crippen molar-refractivity contribution >= 4 is 15.9 Å². The van der Waals surface area contributed by atoms with Gasteiger partial charge in [0.15, 0.2) is 0 Å². The lowest BCUT2D eigenvalue weighted by Gasteiger charge is -2.13. The van der Waals surface area contributed by atoms with Gasteiger partial charge in [-0.1, -0.05) is 0 Å². The van der Waals surface area contributed by atoms with Crippen molar-refractivity contribution in [1.29, 1.82) is 0 Å². The van der Waals surface area contributed by atoms with E-state index in [9.17, 15) is 0 Å². The van der Waals surface area contributed by atoms with E-state index in [4.69, 9.17) is 15.2 Å². The molecule has 0 heterocycles. The maximum Gasteiger partial charge on any atom is 0.133 e. The van der Waals surface area contributed by atoms with E-state index in [0.717, 1.165) is 28.0 Å². The van der Waals surface area contributed by atoms with Crippen molar-refractivity contribution in [1.82, 2.24) is 0 Å². The summed E-state index contributed by atoms with van der Waals surface area (Å²) in [5, 5.41) is 0. The first-order chi connectivity index (χ1) is 7.08. The van der Waals surface area contributed by atoms with Crippen molar-refractivity contribution in [2.75, 3.05) is 14.2 Å². The van der Waals surface area contributed by atoms with Crippen molar-refractivity contribution < 1.29 is 9.47 Å². The van der Waals surface area contributed by atoms with Crippen LogP contribution in [0.25, 0.3) is 0 Å². The first kappa shape index (κ1) is 12.3. The molecule has 1 aromatic carbocycles. The van der Waals surface area contributed by atoms with Crippen molar-refractivity contribution in [3.8, 4) is 11.5 Å². The molecule has 0 aromatic heterocycles. The number of nitrogens with two attached hydrogens (primary N) is 1. The minimum atomic E-state index is 0.102. The fourth-order valence-electron chi connectivity index (χ4n) is 1.43. The summed E-state index contributed by atoms with van der Waals surface area (Å²) in [5.41, 5.74) is 6.83. The lowest BCUT2D eigenvalue weighted by molar-refractivity contribution is 0.395. The second-order valence-corrected chi connectivity index (χ2v) is 4.33. The van der Waals surface area contributed by atoms with Crippen molar-refractivity contribution in [3.63, 3.8) is 0 Å². The van der Waals surface area contributed by atoms with Crippen LogP contribution in [0.3, 0.4) is 0 Å². The van der Waals surface area contributed by atoms with E-state index in [2.05, 4.69) is 15.9 Å². The quantitative estimate of drug-likeness (QED) is 0.917. The van der Waals surface area contributed by atoms with Gasteiger partial charge in [0.25, 0.3) is 0 Å². The van der Waals surface area contributed by atoms with Gasteiger partial charge in [0, 0.05) is 6.04 Å². The predicted octanol–water partition coefficient (Wildman–Crippen LogP) is 2.36. The predicted molar refractivity (Wildman–Crippen MR) is 64.6 cm³/mol. The number of benzene rings is 1. The summed E-state index contributed by atoms with van der Waals surface area (Å²) in [6.45, 7) is 1.97. The summed E-state index contributed by atoms with van der Waals surface area (Å²) in [5.74, 6) is 1.63. The zero-order valence-electron chi connectivity index (χ0n) is 9.21. The van der Waals surface area contributed by atoms with Crippen LogP contribution in [0.2, 0.25) is 0 Å². The molecule has 4 heteroatoms. The Kier molecular flexibility index (Phi) is 4.42. The van der Waals surface area contributed by atoms with Gasteiger partial charge in [-0.05, 0) is 47.0 Å². The van der Waals surface area contributed by atoms with Crippen LogP contribution < -0.4 is 15.2 Å². The topological polar surface area (TPSA) is 44.5 Å². The first-order valence-corrected chi connectivity index (χ1v) is 5.53. The molecule has 1 rings (SSSR count). The van der Waals surface area contributed by atoms with Crippen molar-refractivity contribution in [3.05, 3.63) is 22.2 Å². The van der Waals surface area contributed by atoms with Gasteiger partial charge in [0.1, 0.15) is 11.5 Å². The molecule has 0 radical (unpaired) electrons. The molecule has 2 N–H and O–H groups in total. The van der Waals surface area contributed by atoms with Gasteiger partial charge in [-0.15, -0.1) is 0 Å². The number of methoxy groups -OCH3 is 2. The molecular formula is C11H16BrNO2. The normalized spacial score (nSPS) is 12.3. The molecule has 15 heavy (non-hydrogen) atoms. The van der Waals surface area contributed by atoms with E-state index in [1.54, 1.807) is 14.2 Å². The van der Waals surface area contributed by atoms with Crippen LogP contribution in [0.1, 0.15) is 12.5 Å². The average Bonchev–Trinajstić information content (AvgIpc) is 2.19. The van der Waals surface area contributed by atoms with E-state index in [0.29, 0.717) is 0 Å². The van der Waals surface area contributed by atoms with Gasteiger partial charge >= 0.3 is 0 Å².